The van der Waals surface area contributed by atoms with Crippen LogP contribution in [0.1, 0.15) is 13.8 Å². The van der Waals surface area contributed by atoms with Crippen LogP contribution in [0.5, 0.6) is 0 Å². The van der Waals surface area contributed by atoms with Crippen LogP contribution in [0.25, 0.3) is 0 Å². The fourth-order valence-corrected chi connectivity index (χ4v) is 1.55. The molecule has 1 fully saturated rings. The summed E-state index contributed by atoms with van der Waals surface area (Å²) in [5.74, 6) is -2.31. The maximum absolute atomic E-state index is 12.5. The van der Waals surface area contributed by atoms with Crippen molar-refractivity contribution in [2.75, 3.05) is 6.61 Å². The third-order valence-corrected chi connectivity index (χ3v) is 2.46. The third kappa shape index (κ3) is 1.81. The fraction of sp³-hybridized carbons (Fsp3) is 0.875. The molecule has 0 spiro atoms. The van der Waals surface area contributed by atoms with Gasteiger partial charge < -0.3 is 15.2 Å². The van der Waals surface area contributed by atoms with Gasteiger partial charge in [-0.15, -0.1) is 0 Å². The van der Waals surface area contributed by atoms with Crippen molar-refractivity contribution in [3.63, 3.8) is 0 Å². The van der Waals surface area contributed by atoms with Gasteiger partial charge in [0.1, 0.15) is 6.10 Å². The average Bonchev–Trinajstić information content (AvgIpc) is 2.29. The van der Waals surface area contributed by atoms with Crippen LogP contribution in [-0.4, -0.2) is 35.6 Å². The number of alkyl halides is 3. The normalized spacial score (nSPS) is 36.8. The van der Waals surface area contributed by atoms with Crippen molar-refractivity contribution in [1.29, 1.82) is 0 Å². The van der Waals surface area contributed by atoms with Crippen LogP contribution in [0.15, 0.2) is 0 Å². The van der Waals surface area contributed by atoms with Crippen LogP contribution < -0.4 is 5.32 Å². The highest BCUT2D eigenvalue weighted by atomic mass is 19.4. The number of carbonyl (C=O) groups is 1. The van der Waals surface area contributed by atoms with Crippen molar-refractivity contribution in [2.45, 2.75) is 31.9 Å². The lowest BCUT2D eigenvalue weighted by molar-refractivity contribution is -0.283. The van der Waals surface area contributed by atoms with E-state index in [0.29, 0.717) is 0 Å². The SMILES string of the molecule is CCOC1C(=O)NC(O)(C(F)(F)F)C1C. The molecule has 1 aliphatic heterocycles. The Morgan fingerprint density at radius 2 is 2.13 bits per heavy atom. The minimum Gasteiger partial charge on any atom is -0.368 e. The van der Waals surface area contributed by atoms with Gasteiger partial charge in [0.05, 0.1) is 0 Å². The molecule has 88 valence electrons. The second kappa shape index (κ2) is 3.64. The van der Waals surface area contributed by atoms with E-state index in [4.69, 9.17) is 4.74 Å². The van der Waals surface area contributed by atoms with E-state index in [9.17, 15) is 23.1 Å². The Morgan fingerprint density at radius 3 is 2.47 bits per heavy atom. The van der Waals surface area contributed by atoms with Gasteiger partial charge in [-0.1, -0.05) is 6.92 Å². The Morgan fingerprint density at radius 1 is 1.60 bits per heavy atom. The second-order valence-electron chi connectivity index (χ2n) is 3.42. The molecule has 1 saturated heterocycles. The van der Waals surface area contributed by atoms with Gasteiger partial charge in [0.15, 0.2) is 0 Å². The van der Waals surface area contributed by atoms with E-state index in [1.54, 1.807) is 6.92 Å². The van der Waals surface area contributed by atoms with Gasteiger partial charge in [-0.25, -0.2) is 0 Å². The summed E-state index contributed by atoms with van der Waals surface area (Å²) in [7, 11) is 0. The monoisotopic (exact) mass is 227 g/mol. The summed E-state index contributed by atoms with van der Waals surface area (Å²) in [5.41, 5.74) is -3.19. The van der Waals surface area contributed by atoms with E-state index in [1.807, 2.05) is 0 Å². The predicted octanol–water partition coefficient (Wildman–Crippen LogP) is 0.408. The van der Waals surface area contributed by atoms with E-state index in [0.717, 1.165) is 6.92 Å². The van der Waals surface area contributed by atoms with Gasteiger partial charge in [0, 0.05) is 12.5 Å². The van der Waals surface area contributed by atoms with Crippen molar-refractivity contribution in [1.82, 2.24) is 5.32 Å². The Kier molecular flexibility index (Phi) is 2.97. The zero-order valence-electron chi connectivity index (χ0n) is 8.26. The number of hydrogen-bond donors (Lipinski definition) is 2. The summed E-state index contributed by atoms with van der Waals surface area (Å²) in [6, 6.07) is 0. The van der Waals surface area contributed by atoms with E-state index in [-0.39, 0.29) is 6.61 Å². The number of ether oxygens (including phenoxy) is 1. The molecular weight excluding hydrogens is 215 g/mol. The molecular formula is C8H12F3NO3. The lowest BCUT2D eigenvalue weighted by Crippen LogP contribution is -2.57. The van der Waals surface area contributed by atoms with E-state index in [1.165, 1.54) is 5.32 Å². The van der Waals surface area contributed by atoms with Crippen LogP contribution in [0, 0.1) is 5.92 Å². The summed E-state index contributed by atoms with van der Waals surface area (Å²) in [6.07, 6.45) is -6.17. The number of nitrogens with one attached hydrogen (secondary N) is 1. The molecule has 0 bridgehead atoms. The van der Waals surface area contributed by atoms with Gasteiger partial charge in [-0.2, -0.15) is 13.2 Å². The Hall–Kier alpha value is -0.820. The molecule has 15 heavy (non-hydrogen) atoms. The van der Waals surface area contributed by atoms with Gasteiger partial charge in [0.2, 0.25) is 5.72 Å². The first-order valence-electron chi connectivity index (χ1n) is 4.46. The number of halogens is 3. The van der Waals surface area contributed by atoms with Crippen molar-refractivity contribution in [2.24, 2.45) is 5.92 Å². The van der Waals surface area contributed by atoms with Gasteiger partial charge in [-0.05, 0) is 6.92 Å². The molecule has 1 amide bonds. The number of aliphatic hydroxyl groups is 1. The highest BCUT2D eigenvalue weighted by Crippen LogP contribution is 2.40. The Labute approximate surface area is 84.4 Å². The summed E-state index contributed by atoms with van der Waals surface area (Å²) < 4.78 is 42.2. The number of rotatable bonds is 2. The van der Waals surface area contributed by atoms with E-state index < -0.39 is 29.8 Å². The minimum atomic E-state index is -4.91. The molecule has 0 radical (unpaired) electrons. The van der Waals surface area contributed by atoms with Gasteiger partial charge >= 0.3 is 6.18 Å². The van der Waals surface area contributed by atoms with Crippen LogP contribution in [0.4, 0.5) is 13.2 Å². The van der Waals surface area contributed by atoms with Crippen LogP contribution in [0.3, 0.4) is 0 Å². The molecule has 4 nitrogen and oxygen atoms in total. The molecule has 2 N–H and O–H groups in total. The first-order valence-corrected chi connectivity index (χ1v) is 4.46. The lowest BCUT2D eigenvalue weighted by Gasteiger charge is -2.30. The van der Waals surface area contributed by atoms with Crippen molar-refractivity contribution >= 4 is 5.91 Å². The molecule has 0 aromatic rings. The van der Waals surface area contributed by atoms with Crippen molar-refractivity contribution in [3.05, 3.63) is 0 Å². The average molecular weight is 227 g/mol. The van der Waals surface area contributed by atoms with Gasteiger partial charge in [0.25, 0.3) is 5.91 Å². The van der Waals surface area contributed by atoms with Crippen LogP contribution in [-0.2, 0) is 9.53 Å². The fourth-order valence-electron chi connectivity index (χ4n) is 1.55. The Bertz CT molecular complexity index is 268. The molecule has 7 heteroatoms. The quantitative estimate of drug-likeness (QED) is 0.718. The van der Waals surface area contributed by atoms with Crippen molar-refractivity contribution < 1.29 is 27.8 Å². The maximum Gasteiger partial charge on any atom is 0.436 e. The minimum absolute atomic E-state index is 0.108. The maximum atomic E-state index is 12.5. The number of hydrogen-bond acceptors (Lipinski definition) is 3. The van der Waals surface area contributed by atoms with Crippen molar-refractivity contribution in [3.8, 4) is 0 Å². The standard InChI is InChI=1S/C8H12F3NO3/c1-3-15-5-4(2)7(14,8(9,10)11)12-6(5)13/h4-5,14H,3H2,1-2H3,(H,12,13). The molecule has 1 rings (SSSR count). The molecule has 0 saturated carbocycles. The van der Waals surface area contributed by atoms with E-state index in [2.05, 4.69) is 0 Å². The summed E-state index contributed by atoms with van der Waals surface area (Å²) in [6.45, 7) is 2.78. The van der Waals surface area contributed by atoms with E-state index >= 15 is 0 Å². The molecule has 0 aromatic carbocycles. The predicted molar refractivity (Wildman–Crippen MR) is 43.7 cm³/mol. The second-order valence-corrected chi connectivity index (χ2v) is 3.42. The highest BCUT2D eigenvalue weighted by molar-refractivity contribution is 5.84. The largest absolute Gasteiger partial charge is 0.436 e. The lowest BCUT2D eigenvalue weighted by atomic mass is 9.96. The zero-order valence-corrected chi connectivity index (χ0v) is 8.26. The first kappa shape index (κ1) is 12.3. The smallest absolute Gasteiger partial charge is 0.368 e. The van der Waals surface area contributed by atoms with Crippen LogP contribution in [0.2, 0.25) is 0 Å². The molecule has 0 aliphatic carbocycles. The van der Waals surface area contributed by atoms with Crippen LogP contribution >= 0.6 is 0 Å². The summed E-state index contributed by atoms with van der Waals surface area (Å²) >= 11 is 0. The highest BCUT2D eigenvalue weighted by Gasteiger charge is 2.65. The number of amides is 1. The zero-order chi connectivity index (χ0) is 11.9. The molecule has 3 atom stereocenters. The number of carbonyl (C=O) groups excluding carboxylic acids is 1. The molecule has 3 unspecified atom stereocenters. The summed E-state index contributed by atoms with van der Waals surface area (Å²) in [4.78, 5) is 11.1. The molecule has 0 aromatic heterocycles. The molecule has 1 heterocycles. The molecule has 1 aliphatic rings. The summed E-state index contributed by atoms with van der Waals surface area (Å²) in [5, 5.41) is 10.8. The van der Waals surface area contributed by atoms with Gasteiger partial charge in [-0.3, -0.25) is 4.79 Å². The Balaban J connectivity index is 2.94. The third-order valence-electron chi connectivity index (χ3n) is 2.46. The first-order chi connectivity index (χ1) is 6.74. The topological polar surface area (TPSA) is 58.6 Å².